The second kappa shape index (κ2) is 10.3. The Morgan fingerprint density at radius 2 is 2.03 bits per heavy atom. The van der Waals surface area contributed by atoms with Gasteiger partial charge < -0.3 is 20.1 Å². The third kappa shape index (κ3) is 5.01. The molecule has 2 aliphatic rings. The molecule has 0 atom stereocenters. The lowest BCUT2D eigenvalue weighted by Crippen LogP contribution is -2.47. The molecule has 1 fully saturated rings. The smallest absolute Gasteiger partial charge is 0.234 e. The summed E-state index contributed by atoms with van der Waals surface area (Å²) in [6.45, 7) is 2.80. The van der Waals surface area contributed by atoms with Gasteiger partial charge in [-0.1, -0.05) is 6.07 Å². The van der Waals surface area contributed by atoms with E-state index in [9.17, 15) is 4.79 Å². The lowest BCUT2D eigenvalue weighted by Gasteiger charge is -2.35. The quantitative estimate of drug-likeness (QED) is 0.745. The van der Waals surface area contributed by atoms with E-state index >= 15 is 0 Å². The average molecular weight is 440 g/mol. The van der Waals surface area contributed by atoms with Crippen LogP contribution in [0, 0.1) is 5.41 Å². The van der Waals surface area contributed by atoms with Crippen LogP contribution in [-0.2, 0) is 16.0 Å². The van der Waals surface area contributed by atoms with Crippen molar-refractivity contribution in [2.45, 2.75) is 19.3 Å². The molecule has 2 aliphatic heterocycles. The first-order chi connectivity index (χ1) is 13.2. The zero-order chi connectivity index (χ0) is 18.7. The molecule has 158 valence electrons. The second-order valence-corrected chi connectivity index (χ2v) is 7.25. The number of benzene rings is 1. The van der Waals surface area contributed by atoms with Crippen molar-refractivity contribution in [1.82, 2.24) is 10.3 Å². The topological polar surface area (TPSA) is 72.5 Å². The van der Waals surface area contributed by atoms with Gasteiger partial charge in [0.15, 0.2) is 0 Å². The van der Waals surface area contributed by atoms with Crippen molar-refractivity contribution in [1.29, 1.82) is 0 Å². The number of amides is 1. The van der Waals surface area contributed by atoms with Crippen LogP contribution in [0.15, 0.2) is 36.4 Å². The molecule has 0 bridgehead atoms. The van der Waals surface area contributed by atoms with E-state index < -0.39 is 5.41 Å². The highest BCUT2D eigenvalue weighted by molar-refractivity contribution is 5.95. The summed E-state index contributed by atoms with van der Waals surface area (Å²) < 4.78 is 10.9. The number of methoxy groups -OCH3 is 1. The third-order valence-electron chi connectivity index (χ3n) is 5.44. The number of fused-ring (bicyclic) bond motifs is 1. The summed E-state index contributed by atoms with van der Waals surface area (Å²) in [5, 5.41) is 6.32. The van der Waals surface area contributed by atoms with Crippen molar-refractivity contribution in [2.24, 2.45) is 5.41 Å². The van der Waals surface area contributed by atoms with E-state index in [1.54, 1.807) is 7.11 Å². The lowest BCUT2D eigenvalue weighted by atomic mass is 9.78. The maximum absolute atomic E-state index is 13.0. The summed E-state index contributed by atoms with van der Waals surface area (Å²) in [6.07, 6.45) is 2.45. The van der Waals surface area contributed by atoms with Crippen LogP contribution in [0.3, 0.4) is 0 Å². The Bertz CT molecular complexity index is 836. The van der Waals surface area contributed by atoms with Crippen molar-refractivity contribution in [3.8, 4) is 17.0 Å². The van der Waals surface area contributed by atoms with E-state index in [1.165, 1.54) is 5.56 Å². The Hall–Kier alpha value is -1.86. The zero-order valence-corrected chi connectivity index (χ0v) is 18.0. The number of carbonyl (C=O) groups is 1. The fourth-order valence-electron chi connectivity index (χ4n) is 3.88. The third-order valence-corrected chi connectivity index (χ3v) is 5.44. The zero-order valence-electron chi connectivity index (χ0n) is 16.4. The first-order valence-corrected chi connectivity index (χ1v) is 9.44. The largest absolute Gasteiger partial charge is 0.493 e. The number of hydrogen-bond acceptors (Lipinski definition) is 5. The maximum Gasteiger partial charge on any atom is 0.234 e. The molecule has 0 saturated carbocycles. The maximum atomic E-state index is 13.0. The molecular formula is C21H27Cl2N3O3. The van der Waals surface area contributed by atoms with Gasteiger partial charge in [0.2, 0.25) is 5.91 Å². The molecule has 0 spiro atoms. The molecular weight excluding hydrogens is 413 g/mol. The number of nitrogens with zero attached hydrogens (tertiary/aromatic N) is 1. The van der Waals surface area contributed by atoms with Gasteiger partial charge in [-0.3, -0.25) is 4.79 Å². The molecule has 0 unspecified atom stereocenters. The molecule has 6 nitrogen and oxygen atoms in total. The van der Waals surface area contributed by atoms with E-state index in [4.69, 9.17) is 9.47 Å². The van der Waals surface area contributed by atoms with Crippen LogP contribution in [-0.4, -0.2) is 44.3 Å². The van der Waals surface area contributed by atoms with Crippen LogP contribution in [0.5, 0.6) is 5.75 Å². The molecule has 1 amide bonds. The summed E-state index contributed by atoms with van der Waals surface area (Å²) in [5.41, 5.74) is 2.58. The normalized spacial score (nSPS) is 16.6. The molecule has 29 heavy (non-hydrogen) atoms. The van der Waals surface area contributed by atoms with Crippen molar-refractivity contribution >= 4 is 36.5 Å². The predicted molar refractivity (Wildman–Crippen MR) is 118 cm³/mol. The first kappa shape index (κ1) is 23.4. The first-order valence-electron chi connectivity index (χ1n) is 9.44. The highest BCUT2D eigenvalue weighted by atomic mass is 35.5. The van der Waals surface area contributed by atoms with E-state index in [0.29, 0.717) is 12.4 Å². The molecule has 0 aliphatic carbocycles. The van der Waals surface area contributed by atoms with Crippen LogP contribution in [0.1, 0.15) is 18.4 Å². The van der Waals surface area contributed by atoms with Gasteiger partial charge in [0.1, 0.15) is 11.6 Å². The van der Waals surface area contributed by atoms with Crippen LogP contribution in [0.25, 0.3) is 11.3 Å². The summed E-state index contributed by atoms with van der Waals surface area (Å²) in [4.78, 5) is 17.7. The highest BCUT2D eigenvalue weighted by Crippen LogP contribution is 2.32. The monoisotopic (exact) mass is 439 g/mol. The Balaban J connectivity index is 0.00000150. The van der Waals surface area contributed by atoms with Gasteiger partial charge in [0.25, 0.3) is 0 Å². The van der Waals surface area contributed by atoms with Gasteiger partial charge in [0, 0.05) is 19.1 Å². The van der Waals surface area contributed by atoms with Gasteiger partial charge in [-0.2, -0.15) is 0 Å². The fraction of sp³-hybridized carbons (Fsp3) is 0.429. The van der Waals surface area contributed by atoms with E-state index in [0.717, 1.165) is 56.0 Å². The molecule has 1 saturated heterocycles. The summed E-state index contributed by atoms with van der Waals surface area (Å²) in [6, 6.07) is 11.8. The van der Waals surface area contributed by atoms with Gasteiger partial charge in [-0.05, 0) is 61.8 Å². The van der Waals surface area contributed by atoms with Crippen LogP contribution in [0.4, 0.5) is 5.82 Å². The molecule has 1 aromatic carbocycles. The van der Waals surface area contributed by atoms with Crippen LogP contribution >= 0.6 is 24.8 Å². The molecule has 4 rings (SSSR count). The van der Waals surface area contributed by atoms with E-state index in [2.05, 4.69) is 21.7 Å². The Labute approximate surface area is 183 Å². The number of halogens is 2. The van der Waals surface area contributed by atoms with Gasteiger partial charge in [0.05, 0.1) is 24.3 Å². The number of hydrogen-bond donors (Lipinski definition) is 2. The van der Waals surface area contributed by atoms with Crippen LogP contribution < -0.4 is 15.4 Å². The van der Waals surface area contributed by atoms with Gasteiger partial charge in [-0.25, -0.2) is 4.98 Å². The van der Waals surface area contributed by atoms with E-state index in [-0.39, 0.29) is 30.7 Å². The number of rotatable bonds is 5. The van der Waals surface area contributed by atoms with Crippen molar-refractivity contribution in [3.05, 3.63) is 42.0 Å². The average Bonchev–Trinajstić information content (AvgIpc) is 3.17. The van der Waals surface area contributed by atoms with Crippen molar-refractivity contribution < 1.29 is 14.3 Å². The molecule has 3 heterocycles. The van der Waals surface area contributed by atoms with Gasteiger partial charge >= 0.3 is 0 Å². The number of ether oxygens (including phenoxy) is 2. The Kier molecular flexibility index (Phi) is 8.28. The number of carbonyl (C=O) groups excluding carboxylic acids is 1. The minimum absolute atomic E-state index is 0. The second-order valence-electron chi connectivity index (χ2n) is 7.25. The standard InChI is InChI=1S/C21H25N3O3.2ClH/c1-26-14-21(8-10-22-11-9-21)20(25)24-19-4-2-3-17(23-19)15-5-6-18-16(13-15)7-12-27-18;;/h2-6,13,22H,7-12,14H2,1H3,(H,23,24,25);2*1H. The lowest BCUT2D eigenvalue weighted by molar-refractivity contribution is -0.130. The minimum atomic E-state index is -0.497. The highest BCUT2D eigenvalue weighted by Gasteiger charge is 2.39. The minimum Gasteiger partial charge on any atom is -0.493 e. The van der Waals surface area contributed by atoms with Gasteiger partial charge in [-0.15, -0.1) is 24.8 Å². The van der Waals surface area contributed by atoms with Crippen molar-refractivity contribution in [2.75, 3.05) is 38.7 Å². The number of anilines is 1. The van der Waals surface area contributed by atoms with E-state index in [1.807, 2.05) is 30.3 Å². The number of aromatic nitrogens is 1. The molecule has 1 aromatic heterocycles. The predicted octanol–water partition coefficient (Wildman–Crippen LogP) is 3.48. The SMILES string of the molecule is COCC1(C(=O)Nc2cccc(-c3ccc4c(c3)CCO4)n2)CCNCC1.Cl.Cl. The summed E-state index contributed by atoms with van der Waals surface area (Å²) in [5.74, 6) is 1.51. The molecule has 2 aromatic rings. The Morgan fingerprint density at radius 1 is 1.24 bits per heavy atom. The summed E-state index contributed by atoms with van der Waals surface area (Å²) in [7, 11) is 1.65. The summed E-state index contributed by atoms with van der Waals surface area (Å²) >= 11 is 0. The fourth-order valence-corrected chi connectivity index (χ4v) is 3.88. The van der Waals surface area contributed by atoms with Crippen LogP contribution in [0.2, 0.25) is 0 Å². The Morgan fingerprint density at radius 3 is 2.79 bits per heavy atom. The van der Waals surface area contributed by atoms with Crippen molar-refractivity contribution in [3.63, 3.8) is 0 Å². The molecule has 0 radical (unpaired) electrons. The number of piperidine rings is 1. The molecule has 8 heteroatoms. The number of pyridine rings is 1. The molecule has 2 N–H and O–H groups in total. The number of nitrogens with one attached hydrogen (secondary N) is 2.